The van der Waals surface area contributed by atoms with Crippen LogP contribution in [0, 0.1) is 0 Å². The molecule has 0 radical (unpaired) electrons. The molecule has 0 bridgehead atoms. The predicted octanol–water partition coefficient (Wildman–Crippen LogP) is 2.86. The highest BCUT2D eigenvalue weighted by Crippen LogP contribution is 2.42. The Morgan fingerprint density at radius 3 is 2.33 bits per heavy atom. The molecule has 9 nitrogen and oxygen atoms in total. The number of ether oxygens (including phenoxy) is 5. The smallest absolute Gasteiger partial charge is 0.312 e. The van der Waals surface area contributed by atoms with Gasteiger partial charge < -0.3 is 28.8 Å². The number of hydrogen-bond acceptors (Lipinski definition) is 9. The van der Waals surface area contributed by atoms with E-state index in [0.717, 1.165) is 0 Å². The Bertz CT molecular complexity index is 897. The molecule has 1 aromatic heterocycles. The van der Waals surface area contributed by atoms with E-state index in [-0.39, 0.29) is 36.8 Å². The van der Waals surface area contributed by atoms with E-state index in [1.54, 1.807) is 32.0 Å². The fraction of sp³-hybridized carbons (Fsp3) is 0.381. The number of carbonyl (C=O) groups excluding carboxylic acids is 2. The molecule has 2 aromatic rings. The van der Waals surface area contributed by atoms with Crippen molar-refractivity contribution >= 4 is 11.9 Å². The zero-order valence-corrected chi connectivity index (χ0v) is 17.4. The second-order valence-corrected chi connectivity index (χ2v) is 6.01. The van der Waals surface area contributed by atoms with E-state index in [0.29, 0.717) is 22.6 Å². The lowest BCUT2D eigenvalue weighted by molar-refractivity contribution is -0.134. The molecule has 162 valence electrons. The number of benzene rings is 1. The highest BCUT2D eigenvalue weighted by Gasteiger charge is 2.24. The number of nitrogens with zero attached hydrogens (tertiary/aromatic N) is 1. The zero-order chi connectivity index (χ0) is 22.1. The first-order chi connectivity index (χ1) is 14.5. The summed E-state index contributed by atoms with van der Waals surface area (Å²) in [6.07, 6.45) is 1.61. The molecule has 1 heterocycles. The normalized spacial score (nSPS) is 10.4. The van der Waals surface area contributed by atoms with Gasteiger partial charge in [0.05, 0.1) is 19.3 Å². The van der Waals surface area contributed by atoms with Crippen molar-refractivity contribution in [1.29, 1.82) is 0 Å². The van der Waals surface area contributed by atoms with E-state index in [9.17, 15) is 14.7 Å². The van der Waals surface area contributed by atoms with Crippen molar-refractivity contribution in [1.82, 2.24) is 4.98 Å². The highest BCUT2D eigenvalue weighted by molar-refractivity contribution is 5.83. The van der Waals surface area contributed by atoms with E-state index in [2.05, 4.69) is 4.98 Å². The van der Waals surface area contributed by atoms with Crippen LogP contribution in [0.4, 0.5) is 0 Å². The highest BCUT2D eigenvalue weighted by atomic mass is 16.7. The SMILES string of the molecule is CCC(=O)Oc1ncc(-c2ccc(OC)cc2OCOC)c(OC(=O)CC)c1CO. The van der Waals surface area contributed by atoms with Crippen LogP contribution in [-0.4, -0.2) is 43.0 Å². The number of pyridine rings is 1. The molecule has 0 spiro atoms. The molecule has 2 rings (SSSR count). The third-order valence-electron chi connectivity index (χ3n) is 4.06. The Kier molecular flexibility index (Phi) is 8.57. The average molecular weight is 419 g/mol. The number of methoxy groups -OCH3 is 2. The summed E-state index contributed by atoms with van der Waals surface area (Å²) in [4.78, 5) is 28.0. The van der Waals surface area contributed by atoms with Gasteiger partial charge in [0.1, 0.15) is 11.5 Å². The molecule has 1 aromatic carbocycles. The fourth-order valence-electron chi connectivity index (χ4n) is 2.52. The van der Waals surface area contributed by atoms with E-state index >= 15 is 0 Å². The lowest BCUT2D eigenvalue weighted by Crippen LogP contribution is -2.13. The molecule has 0 atom stereocenters. The van der Waals surface area contributed by atoms with Crippen LogP contribution in [0.2, 0.25) is 0 Å². The van der Waals surface area contributed by atoms with Gasteiger partial charge in [0.15, 0.2) is 12.5 Å². The van der Waals surface area contributed by atoms with Crippen molar-refractivity contribution in [3.8, 4) is 34.3 Å². The summed E-state index contributed by atoms with van der Waals surface area (Å²) in [6, 6.07) is 5.04. The van der Waals surface area contributed by atoms with Gasteiger partial charge in [-0.3, -0.25) is 9.59 Å². The maximum absolute atomic E-state index is 12.1. The Morgan fingerprint density at radius 1 is 1.03 bits per heavy atom. The zero-order valence-electron chi connectivity index (χ0n) is 17.4. The molecule has 0 amide bonds. The van der Waals surface area contributed by atoms with Gasteiger partial charge in [-0.2, -0.15) is 0 Å². The molecular weight excluding hydrogens is 394 g/mol. The van der Waals surface area contributed by atoms with Gasteiger partial charge in [0, 0.05) is 43.3 Å². The van der Waals surface area contributed by atoms with Crippen LogP contribution >= 0.6 is 0 Å². The van der Waals surface area contributed by atoms with Gasteiger partial charge in [-0.1, -0.05) is 13.8 Å². The van der Waals surface area contributed by atoms with Crippen molar-refractivity contribution in [2.24, 2.45) is 0 Å². The summed E-state index contributed by atoms with van der Waals surface area (Å²) >= 11 is 0. The number of aliphatic hydroxyl groups is 1. The third kappa shape index (κ3) is 5.46. The summed E-state index contributed by atoms with van der Waals surface area (Å²) in [5.41, 5.74) is 0.956. The van der Waals surface area contributed by atoms with Crippen LogP contribution in [-0.2, 0) is 20.9 Å². The van der Waals surface area contributed by atoms with Gasteiger partial charge in [0.25, 0.3) is 0 Å². The number of carbonyl (C=O) groups is 2. The van der Waals surface area contributed by atoms with Crippen LogP contribution in [0.5, 0.6) is 23.1 Å². The molecule has 0 aliphatic rings. The Hall–Kier alpha value is -3.17. The molecule has 0 aliphatic heterocycles. The van der Waals surface area contributed by atoms with Gasteiger partial charge in [-0.15, -0.1) is 0 Å². The number of aliphatic hydroxyl groups excluding tert-OH is 1. The van der Waals surface area contributed by atoms with Crippen LogP contribution in [0.3, 0.4) is 0 Å². The summed E-state index contributed by atoms with van der Waals surface area (Å²) in [5.74, 6) is -0.232. The van der Waals surface area contributed by atoms with Crippen LogP contribution in [0.1, 0.15) is 32.3 Å². The number of hydrogen-bond donors (Lipinski definition) is 1. The van der Waals surface area contributed by atoms with Crippen LogP contribution in [0.15, 0.2) is 24.4 Å². The van der Waals surface area contributed by atoms with Crippen LogP contribution < -0.4 is 18.9 Å². The second-order valence-electron chi connectivity index (χ2n) is 6.01. The maximum atomic E-state index is 12.1. The lowest BCUT2D eigenvalue weighted by Gasteiger charge is -2.18. The summed E-state index contributed by atoms with van der Waals surface area (Å²) in [6.45, 7) is 2.67. The monoisotopic (exact) mass is 419 g/mol. The van der Waals surface area contributed by atoms with Crippen molar-refractivity contribution < 1.29 is 38.4 Å². The molecule has 0 fully saturated rings. The lowest BCUT2D eigenvalue weighted by atomic mass is 10.0. The minimum absolute atomic E-state index is 0.0310. The molecule has 1 N–H and O–H groups in total. The summed E-state index contributed by atoms with van der Waals surface area (Å²) < 4.78 is 26.5. The molecule has 0 saturated heterocycles. The van der Waals surface area contributed by atoms with E-state index in [4.69, 9.17) is 23.7 Å². The van der Waals surface area contributed by atoms with Crippen molar-refractivity contribution in [3.05, 3.63) is 30.0 Å². The van der Waals surface area contributed by atoms with Gasteiger partial charge in [0.2, 0.25) is 5.88 Å². The molecular formula is C21H25NO8. The van der Waals surface area contributed by atoms with E-state index < -0.39 is 18.5 Å². The van der Waals surface area contributed by atoms with Crippen molar-refractivity contribution in [2.75, 3.05) is 21.0 Å². The molecule has 0 aliphatic carbocycles. The Labute approximate surface area is 174 Å². The molecule has 30 heavy (non-hydrogen) atoms. The summed E-state index contributed by atoms with van der Waals surface area (Å²) in [5, 5.41) is 9.94. The Morgan fingerprint density at radius 2 is 1.73 bits per heavy atom. The molecule has 9 heteroatoms. The minimum atomic E-state index is -0.566. The first-order valence-corrected chi connectivity index (χ1v) is 9.33. The number of rotatable bonds is 10. The quantitative estimate of drug-likeness (QED) is 0.459. The van der Waals surface area contributed by atoms with E-state index in [1.165, 1.54) is 20.4 Å². The van der Waals surface area contributed by atoms with Gasteiger partial charge in [-0.25, -0.2) is 4.98 Å². The van der Waals surface area contributed by atoms with E-state index in [1.807, 2.05) is 0 Å². The second kappa shape index (κ2) is 11.1. The first-order valence-electron chi connectivity index (χ1n) is 9.33. The minimum Gasteiger partial charge on any atom is -0.497 e. The number of esters is 2. The van der Waals surface area contributed by atoms with Gasteiger partial charge >= 0.3 is 11.9 Å². The molecule has 0 saturated carbocycles. The predicted molar refractivity (Wildman–Crippen MR) is 107 cm³/mol. The van der Waals surface area contributed by atoms with Crippen molar-refractivity contribution in [2.45, 2.75) is 33.3 Å². The topological polar surface area (TPSA) is 113 Å². The standard InChI is InChI=1S/C21H25NO8/c1-5-18(24)29-20-15(10-22-21(16(20)11-23)30-19(25)6-2)14-8-7-13(27-4)9-17(14)28-12-26-3/h7-10,23H,5-6,11-12H2,1-4H3. The third-order valence-corrected chi connectivity index (χ3v) is 4.06. The number of aromatic nitrogens is 1. The van der Waals surface area contributed by atoms with Gasteiger partial charge in [-0.05, 0) is 12.1 Å². The average Bonchev–Trinajstić information content (AvgIpc) is 2.77. The Balaban J connectivity index is 2.69. The first kappa shape index (κ1) is 23.1. The van der Waals surface area contributed by atoms with Crippen LogP contribution in [0.25, 0.3) is 11.1 Å². The van der Waals surface area contributed by atoms with Crippen molar-refractivity contribution in [3.63, 3.8) is 0 Å². The fourth-order valence-corrected chi connectivity index (χ4v) is 2.52. The summed E-state index contributed by atoms with van der Waals surface area (Å²) in [7, 11) is 3.00. The molecule has 0 unspecified atom stereocenters. The largest absolute Gasteiger partial charge is 0.497 e. The maximum Gasteiger partial charge on any atom is 0.312 e.